The third-order valence-corrected chi connectivity index (χ3v) is 4.35. The molecule has 1 aliphatic rings. The van der Waals surface area contributed by atoms with Gasteiger partial charge in [-0.1, -0.05) is 36.4 Å². The number of fused-ring (bicyclic) bond motifs is 1. The lowest BCUT2D eigenvalue weighted by Gasteiger charge is -2.22. The maximum absolute atomic E-state index is 14.0. The van der Waals surface area contributed by atoms with Gasteiger partial charge in [0.2, 0.25) is 0 Å². The van der Waals surface area contributed by atoms with Crippen molar-refractivity contribution >= 4 is 6.08 Å². The first-order chi connectivity index (χ1) is 12.2. The zero-order valence-corrected chi connectivity index (χ0v) is 13.5. The van der Waals surface area contributed by atoms with Crippen molar-refractivity contribution in [3.63, 3.8) is 0 Å². The molecule has 3 nitrogen and oxygen atoms in total. The highest BCUT2D eigenvalue weighted by Crippen LogP contribution is 2.27. The lowest BCUT2D eigenvalue weighted by molar-refractivity contribution is 0.367. The molecule has 126 valence electrons. The van der Waals surface area contributed by atoms with Crippen LogP contribution in [0.25, 0.3) is 17.5 Å². The minimum absolute atomic E-state index is 0.110. The normalized spacial score (nSPS) is 13.1. The van der Waals surface area contributed by atoms with E-state index in [4.69, 9.17) is 0 Å². The monoisotopic (exact) mass is 337 g/mol. The summed E-state index contributed by atoms with van der Waals surface area (Å²) >= 11 is 0. The number of H-pyrrole nitrogens is 1. The molecule has 0 amide bonds. The van der Waals surface area contributed by atoms with E-state index in [-0.39, 0.29) is 11.4 Å². The molecule has 1 N–H and O–H groups in total. The number of benzene rings is 2. The standard InChI is InChI=1S/C20H17F2N3/c21-15-7-4-8-16(22)19(15)20-23-17-10-12-25(13-18(17)24-20)11-9-14-5-2-1-3-6-14/h1-8,10,12H,9,11,13H2,(H,23,24). The highest BCUT2D eigenvalue weighted by molar-refractivity contribution is 5.62. The summed E-state index contributed by atoms with van der Waals surface area (Å²) in [6.45, 7) is 1.50. The minimum atomic E-state index is -0.615. The van der Waals surface area contributed by atoms with Gasteiger partial charge < -0.3 is 9.88 Å². The average Bonchev–Trinajstić information content (AvgIpc) is 3.03. The molecule has 0 unspecified atom stereocenters. The smallest absolute Gasteiger partial charge is 0.144 e. The van der Waals surface area contributed by atoms with Gasteiger partial charge in [0, 0.05) is 12.7 Å². The molecule has 0 saturated carbocycles. The van der Waals surface area contributed by atoms with Gasteiger partial charge in [0.25, 0.3) is 0 Å². The van der Waals surface area contributed by atoms with E-state index in [1.807, 2.05) is 30.5 Å². The third kappa shape index (κ3) is 3.18. The molecule has 2 heterocycles. The Bertz CT molecular complexity index is 896. The number of hydrogen-bond donors (Lipinski definition) is 1. The van der Waals surface area contributed by atoms with Crippen molar-refractivity contribution in [3.05, 3.63) is 83.3 Å². The molecule has 1 aromatic heterocycles. The van der Waals surface area contributed by atoms with Crippen LogP contribution >= 0.6 is 0 Å². The van der Waals surface area contributed by atoms with E-state index in [9.17, 15) is 8.78 Å². The van der Waals surface area contributed by atoms with E-state index >= 15 is 0 Å². The maximum atomic E-state index is 14.0. The molecule has 25 heavy (non-hydrogen) atoms. The molecular weight excluding hydrogens is 320 g/mol. The number of aromatic amines is 1. The van der Waals surface area contributed by atoms with Crippen molar-refractivity contribution in [1.29, 1.82) is 0 Å². The largest absolute Gasteiger partial charge is 0.371 e. The lowest BCUT2D eigenvalue weighted by atomic mass is 10.1. The van der Waals surface area contributed by atoms with Crippen molar-refractivity contribution in [2.24, 2.45) is 0 Å². The van der Waals surface area contributed by atoms with Gasteiger partial charge >= 0.3 is 0 Å². The Morgan fingerprint density at radius 1 is 1.00 bits per heavy atom. The van der Waals surface area contributed by atoms with E-state index in [2.05, 4.69) is 27.0 Å². The van der Waals surface area contributed by atoms with Crippen molar-refractivity contribution in [2.75, 3.05) is 6.54 Å². The van der Waals surface area contributed by atoms with E-state index < -0.39 is 11.6 Å². The summed E-state index contributed by atoms with van der Waals surface area (Å²) in [6.07, 6.45) is 4.79. The minimum Gasteiger partial charge on any atom is -0.371 e. The molecule has 3 aromatic rings. The summed E-state index contributed by atoms with van der Waals surface area (Å²) < 4.78 is 27.9. The van der Waals surface area contributed by atoms with Gasteiger partial charge in [-0.05, 0) is 30.2 Å². The molecule has 0 fully saturated rings. The van der Waals surface area contributed by atoms with Gasteiger partial charge in [0.1, 0.15) is 17.5 Å². The first kappa shape index (κ1) is 15.6. The first-order valence-corrected chi connectivity index (χ1v) is 8.20. The Labute approximate surface area is 144 Å². The van der Waals surface area contributed by atoms with Crippen LogP contribution in [0, 0.1) is 11.6 Å². The highest BCUT2D eigenvalue weighted by Gasteiger charge is 2.19. The second-order valence-electron chi connectivity index (χ2n) is 6.07. The zero-order chi connectivity index (χ0) is 17.2. The molecule has 0 radical (unpaired) electrons. The van der Waals surface area contributed by atoms with E-state index in [1.165, 1.54) is 23.8 Å². The van der Waals surface area contributed by atoms with Crippen LogP contribution in [0.2, 0.25) is 0 Å². The lowest BCUT2D eigenvalue weighted by Crippen LogP contribution is -2.22. The predicted molar refractivity (Wildman–Crippen MR) is 93.5 cm³/mol. The number of nitrogens with zero attached hydrogens (tertiary/aromatic N) is 2. The predicted octanol–water partition coefficient (Wildman–Crippen LogP) is 4.38. The second-order valence-corrected chi connectivity index (χ2v) is 6.07. The molecule has 0 aliphatic carbocycles. The van der Waals surface area contributed by atoms with Crippen LogP contribution in [0.3, 0.4) is 0 Å². The Hall–Kier alpha value is -2.95. The van der Waals surface area contributed by atoms with Gasteiger partial charge in [0.15, 0.2) is 0 Å². The molecule has 0 atom stereocenters. The van der Waals surface area contributed by atoms with E-state index in [0.29, 0.717) is 6.54 Å². The van der Waals surface area contributed by atoms with Gasteiger partial charge in [-0.3, -0.25) is 0 Å². The molecule has 4 rings (SSSR count). The highest BCUT2D eigenvalue weighted by atomic mass is 19.1. The molecule has 0 spiro atoms. The van der Waals surface area contributed by atoms with Crippen LogP contribution in [0.15, 0.2) is 54.7 Å². The summed E-state index contributed by atoms with van der Waals surface area (Å²) in [6, 6.07) is 14.1. The molecule has 0 bridgehead atoms. The summed E-state index contributed by atoms with van der Waals surface area (Å²) in [4.78, 5) is 9.58. The Kier molecular flexibility index (Phi) is 4.06. The van der Waals surface area contributed by atoms with Crippen molar-refractivity contribution < 1.29 is 8.78 Å². The first-order valence-electron chi connectivity index (χ1n) is 8.20. The van der Waals surface area contributed by atoms with Crippen LogP contribution in [0.4, 0.5) is 8.78 Å². The molecule has 0 saturated heterocycles. The Morgan fingerprint density at radius 3 is 2.52 bits per heavy atom. The second kappa shape index (κ2) is 6.51. The summed E-state index contributed by atoms with van der Waals surface area (Å²) in [5.41, 5.74) is 2.77. The zero-order valence-electron chi connectivity index (χ0n) is 13.5. The third-order valence-electron chi connectivity index (χ3n) is 4.35. The van der Waals surface area contributed by atoms with Crippen LogP contribution in [0.5, 0.6) is 0 Å². The van der Waals surface area contributed by atoms with Gasteiger partial charge in [-0.15, -0.1) is 0 Å². The number of halogens is 2. The average molecular weight is 337 g/mol. The van der Waals surface area contributed by atoms with Crippen LogP contribution < -0.4 is 0 Å². The molecule has 2 aromatic carbocycles. The fraction of sp³-hybridized carbons (Fsp3) is 0.150. The van der Waals surface area contributed by atoms with E-state index in [0.717, 1.165) is 24.4 Å². The number of nitrogens with one attached hydrogen (secondary N) is 1. The van der Waals surface area contributed by atoms with Crippen LogP contribution in [-0.4, -0.2) is 21.4 Å². The van der Waals surface area contributed by atoms with Crippen molar-refractivity contribution in [1.82, 2.24) is 14.9 Å². The Balaban J connectivity index is 1.51. The SMILES string of the molecule is Fc1cccc(F)c1-c1nc2c([nH]1)CN(CCc1ccccc1)C=C2. The summed E-state index contributed by atoms with van der Waals surface area (Å²) in [5, 5.41) is 0. The van der Waals surface area contributed by atoms with Gasteiger partial charge in [-0.2, -0.15) is 0 Å². The summed E-state index contributed by atoms with van der Waals surface area (Å²) in [5.74, 6) is -0.998. The molecule has 1 aliphatic heterocycles. The quantitative estimate of drug-likeness (QED) is 0.766. The van der Waals surface area contributed by atoms with Gasteiger partial charge in [-0.25, -0.2) is 13.8 Å². The fourth-order valence-corrected chi connectivity index (χ4v) is 3.03. The topological polar surface area (TPSA) is 31.9 Å². The summed E-state index contributed by atoms with van der Waals surface area (Å²) in [7, 11) is 0. The Morgan fingerprint density at radius 2 is 1.76 bits per heavy atom. The number of hydrogen-bond acceptors (Lipinski definition) is 2. The number of aromatic nitrogens is 2. The van der Waals surface area contributed by atoms with E-state index in [1.54, 1.807) is 0 Å². The molecular formula is C20H17F2N3. The fourth-order valence-electron chi connectivity index (χ4n) is 3.03. The van der Waals surface area contributed by atoms with Crippen molar-refractivity contribution in [2.45, 2.75) is 13.0 Å². The van der Waals surface area contributed by atoms with Crippen LogP contribution in [-0.2, 0) is 13.0 Å². The van der Waals surface area contributed by atoms with Gasteiger partial charge in [0.05, 0.1) is 23.5 Å². The molecule has 5 heteroatoms. The van der Waals surface area contributed by atoms with Crippen molar-refractivity contribution in [3.8, 4) is 11.4 Å². The maximum Gasteiger partial charge on any atom is 0.144 e. The number of imidazole rings is 1. The van der Waals surface area contributed by atoms with Crippen LogP contribution in [0.1, 0.15) is 17.0 Å². The number of rotatable bonds is 4.